The van der Waals surface area contributed by atoms with Gasteiger partial charge in [0.2, 0.25) is 5.75 Å². The SMILES string of the molecule is C=C(C)Nc1ccc(CN(CC(C)(C)CN)C(=O)c2ccnc(-c3ccc(CC)cc3)c2)cc1.CCc1ccc(-c2cc(C(=O)N3CCCCOc4cc(cc(OC)c4OC)C3)ccn2)cc1.NCCN(Cc1ccccc1)C(=O)c1cncc(-c2ccc(F)cc2)c1. The van der Waals surface area contributed by atoms with Gasteiger partial charge in [-0.3, -0.25) is 29.3 Å². The molecular formula is C77H86FN9O6. The minimum absolute atomic E-state index is 0.0124. The van der Waals surface area contributed by atoms with Gasteiger partial charge in [0.1, 0.15) is 5.82 Å². The zero-order valence-electron chi connectivity index (χ0n) is 54.5. The van der Waals surface area contributed by atoms with Gasteiger partial charge in [-0.2, -0.15) is 0 Å². The van der Waals surface area contributed by atoms with E-state index < -0.39 is 0 Å². The summed E-state index contributed by atoms with van der Waals surface area (Å²) in [6.45, 7) is 18.8. The summed E-state index contributed by atoms with van der Waals surface area (Å²) in [7, 11) is 3.20. The molecule has 9 aromatic rings. The predicted octanol–water partition coefficient (Wildman–Crippen LogP) is 14.5. The van der Waals surface area contributed by atoms with E-state index in [1.807, 2.05) is 95.6 Å². The first kappa shape index (κ1) is 68.9. The van der Waals surface area contributed by atoms with Crippen LogP contribution in [0.3, 0.4) is 0 Å². The summed E-state index contributed by atoms with van der Waals surface area (Å²) in [5.41, 5.74) is 25.8. The molecule has 93 heavy (non-hydrogen) atoms. The molecule has 0 unspecified atom stereocenters. The van der Waals surface area contributed by atoms with Gasteiger partial charge in [0.15, 0.2) is 11.5 Å². The van der Waals surface area contributed by atoms with Crippen molar-refractivity contribution >= 4 is 23.4 Å². The van der Waals surface area contributed by atoms with Crippen molar-refractivity contribution in [3.8, 4) is 50.9 Å². The van der Waals surface area contributed by atoms with Crippen LogP contribution in [0.1, 0.15) is 106 Å². The number of aryl methyl sites for hydroxylation is 2. The lowest BCUT2D eigenvalue weighted by Crippen LogP contribution is -2.41. The number of ether oxygens (including phenoxy) is 3. The number of anilines is 1. The Hall–Kier alpha value is -10.0. The van der Waals surface area contributed by atoms with Gasteiger partial charge in [-0.05, 0) is 145 Å². The third-order valence-electron chi connectivity index (χ3n) is 15.8. The first-order chi connectivity index (χ1) is 45.0. The molecule has 0 atom stereocenters. The second-order valence-electron chi connectivity index (χ2n) is 23.7. The lowest BCUT2D eigenvalue weighted by Gasteiger charge is -2.32. The Morgan fingerprint density at radius 2 is 1.24 bits per heavy atom. The summed E-state index contributed by atoms with van der Waals surface area (Å²) >= 11 is 0. The van der Waals surface area contributed by atoms with Gasteiger partial charge in [-0.1, -0.05) is 137 Å². The first-order valence-electron chi connectivity index (χ1n) is 31.5. The molecule has 5 N–H and O–H groups in total. The van der Waals surface area contributed by atoms with Crippen molar-refractivity contribution in [3.05, 3.63) is 257 Å². The van der Waals surface area contributed by atoms with Crippen molar-refractivity contribution in [2.75, 3.05) is 58.9 Å². The monoisotopic (exact) mass is 1250 g/mol. The maximum Gasteiger partial charge on any atom is 0.255 e. The zero-order valence-corrected chi connectivity index (χ0v) is 54.5. The molecule has 0 fully saturated rings. The van der Waals surface area contributed by atoms with Crippen molar-refractivity contribution in [2.45, 2.75) is 79.9 Å². The first-order valence-corrected chi connectivity index (χ1v) is 31.5. The average molecular weight is 1250 g/mol. The van der Waals surface area contributed by atoms with Crippen molar-refractivity contribution in [3.63, 3.8) is 0 Å². The number of nitrogens with two attached hydrogens (primary N) is 2. The van der Waals surface area contributed by atoms with Gasteiger partial charge in [0.05, 0.1) is 37.8 Å². The van der Waals surface area contributed by atoms with E-state index in [-0.39, 0.29) is 29.0 Å². The van der Waals surface area contributed by atoms with Crippen LogP contribution >= 0.6 is 0 Å². The highest BCUT2D eigenvalue weighted by atomic mass is 19.1. The fourth-order valence-corrected chi connectivity index (χ4v) is 10.6. The molecular weight excluding hydrogens is 1170 g/mol. The van der Waals surface area contributed by atoms with E-state index in [0.717, 1.165) is 87.4 Å². The normalized spacial score (nSPS) is 11.9. The van der Waals surface area contributed by atoms with Gasteiger partial charge in [-0.25, -0.2) is 4.39 Å². The zero-order chi connectivity index (χ0) is 66.3. The molecule has 2 bridgehead atoms. The number of aromatic nitrogens is 3. The number of halogens is 1. The highest BCUT2D eigenvalue weighted by Crippen LogP contribution is 2.39. The van der Waals surface area contributed by atoms with Gasteiger partial charge in [0, 0.05) is 110 Å². The predicted molar refractivity (Wildman–Crippen MR) is 369 cm³/mol. The third-order valence-corrected chi connectivity index (χ3v) is 15.8. The summed E-state index contributed by atoms with van der Waals surface area (Å²) in [4.78, 5) is 58.8. The average Bonchev–Trinajstić information content (AvgIpc) is 0.926. The Kier molecular flexibility index (Phi) is 25.1. The lowest BCUT2D eigenvalue weighted by atomic mass is 9.92. The van der Waals surface area contributed by atoms with Gasteiger partial charge in [0.25, 0.3) is 17.7 Å². The van der Waals surface area contributed by atoms with E-state index in [4.69, 9.17) is 25.7 Å². The van der Waals surface area contributed by atoms with Crippen LogP contribution in [0.2, 0.25) is 0 Å². The number of fused-ring (bicyclic) bond motifs is 2. The summed E-state index contributed by atoms with van der Waals surface area (Å²) in [5, 5.41) is 3.21. The minimum atomic E-state index is -0.300. The summed E-state index contributed by atoms with van der Waals surface area (Å²) in [6, 6.07) is 53.6. The number of carbonyl (C=O) groups excluding carboxylic acids is 3. The topological polar surface area (TPSA) is 191 Å². The van der Waals surface area contributed by atoms with E-state index in [1.165, 1.54) is 23.3 Å². The van der Waals surface area contributed by atoms with E-state index >= 15 is 0 Å². The lowest BCUT2D eigenvalue weighted by molar-refractivity contribution is 0.0672. The molecule has 6 aromatic carbocycles. The number of nitrogens with one attached hydrogen (secondary N) is 1. The van der Waals surface area contributed by atoms with Crippen LogP contribution < -0.4 is 31.0 Å². The van der Waals surface area contributed by atoms with Crippen LogP contribution in [-0.4, -0.2) is 101 Å². The number of hydrogen-bond acceptors (Lipinski definition) is 12. The van der Waals surface area contributed by atoms with Crippen LogP contribution in [0.15, 0.2) is 207 Å². The summed E-state index contributed by atoms with van der Waals surface area (Å²) < 4.78 is 30.0. The van der Waals surface area contributed by atoms with Gasteiger partial charge < -0.3 is 45.7 Å². The number of carbonyl (C=O) groups is 3. The second-order valence-corrected chi connectivity index (χ2v) is 23.7. The summed E-state index contributed by atoms with van der Waals surface area (Å²) in [5.74, 6) is 1.35. The Bertz CT molecular complexity index is 3900. The largest absolute Gasteiger partial charge is 0.493 e. The van der Waals surface area contributed by atoms with Crippen LogP contribution in [0.4, 0.5) is 10.1 Å². The fraction of sp³-hybridized carbons (Fsp3) is 0.273. The van der Waals surface area contributed by atoms with E-state index in [1.54, 1.807) is 74.2 Å². The number of allylic oxidation sites excluding steroid dienone is 1. The highest BCUT2D eigenvalue weighted by Gasteiger charge is 2.27. The Morgan fingerprint density at radius 3 is 1.83 bits per heavy atom. The number of benzene rings is 6. The van der Waals surface area contributed by atoms with Crippen molar-refractivity contribution < 1.29 is 33.0 Å². The maximum absolute atomic E-state index is 13.7. The number of nitrogens with zero attached hydrogens (tertiary/aromatic N) is 6. The number of methoxy groups -OCH3 is 2. The molecule has 0 saturated carbocycles. The molecule has 0 aliphatic carbocycles. The van der Waals surface area contributed by atoms with E-state index in [0.29, 0.717) is 92.9 Å². The smallest absolute Gasteiger partial charge is 0.255 e. The molecule has 10 rings (SSSR count). The van der Waals surface area contributed by atoms with Gasteiger partial charge in [-0.15, -0.1) is 0 Å². The Labute approximate surface area is 547 Å². The fourth-order valence-electron chi connectivity index (χ4n) is 10.6. The molecule has 15 nitrogen and oxygen atoms in total. The molecule has 1 aliphatic heterocycles. The molecule has 1 aliphatic rings. The Balaban J connectivity index is 0.000000181. The molecule has 3 aromatic heterocycles. The van der Waals surface area contributed by atoms with Crippen LogP contribution in [0.5, 0.6) is 17.2 Å². The molecule has 4 heterocycles. The molecule has 482 valence electrons. The van der Waals surface area contributed by atoms with Crippen LogP contribution in [0, 0.1) is 11.2 Å². The number of hydrogen-bond donors (Lipinski definition) is 3. The maximum atomic E-state index is 13.7. The number of pyridine rings is 3. The molecule has 16 heteroatoms. The third kappa shape index (κ3) is 19.7. The van der Waals surface area contributed by atoms with E-state index in [9.17, 15) is 18.8 Å². The summed E-state index contributed by atoms with van der Waals surface area (Å²) in [6.07, 6.45) is 10.3. The number of amides is 3. The number of rotatable bonds is 21. The van der Waals surface area contributed by atoms with Crippen molar-refractivity contribution in [2.24, 2.45) is 16.9 Å². The molecule has 3 amide bonds. The molecule has 0 radical (unpaired) electrons. The highest BCUT2D eigenvalue weighted by molar-refractivity contribution is 5.96. The van der Waals surface area contributed by atoms with Crippen LogP contribution in [0.25, 0.3) is 33.6 Å². The van der Waals surface area contributed by atoms with Gasteiger partial charge >= 0.3 is 0 Å². The second kappa shape index (κ2) is 33.9. The van der Waals surface area contributed by atoms with Crippen molar-refractivity contribution in [1.29, 1.82) is 0 Å². The van der Waals surface area contributed by atoms with Crippen molar-refractivity contribution in [1.82, 2.24) is 29.7 Å². The standard InChI is InChI=1S/C29H36N4O.C27H30N2O4.C21H20FN3O/c1-6-22-7-11-24(12-8-22)27-17-25(15-16-31-27)28(34)33(20-29(4,5)19-30)18-23-9-13-26(14-10-23)32-21(2)3;1-4-19-7-9-21(10-8-19)23-17-22(11-12-28-23)27(30)29-13-5-6-14-33-25-16-20(18-29)15-24(31-2)26(25)32-3;22-20-8-6-17(7-9-20)18-12-19(14-24-13-18)21(26)25(11-10-23)15-16-4-2-1-3-5-16/h7-17,32H,2,6,18-20,30H2,1,3-5H3;7-12,15-17H,4-6,13-14,18H2,1-3H3;1-9,12-14H,10-11,15,23H2. The minimum Gasteiger partial charge on any atom is -0.493 e. The van der Waals surface area contributed by atoms with Crippen LogP contribution in [-0.2, 0) is 32.5 Å². The molecule has 0 saturated heterocycles. The Morgan fingerprint density at radius 1 is 0.656 bits per heavy atom. The molecule has 0 spiro atoms. The quantitative estimate of drug-likeness (QED) is 0.0618. The van der Waals surface area contributed by atoms with E-state index in [2.05, 4.69) is 103 Å².